The Morgan fingerprint density at radius 1 is 1.67 bits per heavy atom. The van der Waals surface area contributed by atoms with Gasteiger partial charge in [-0.3, -0.25) is 5.41 Å². The van der Waals surface area contributed by atoms with Crippen LogP contribution in [0.2, 0.25) is 0 Å². The molecule has 0 spiro atoms. The van der Waals surface area contributed by atoms with E-state index in [1.165, 1.54) is 0 Å². The fourth-order valence-electron chi connectivity index (χ4n) is 0.496. The molecule has 3 nitrogen and oxygen atoms in total. The maximum atomic E-state index is 6.88. The van der Waals surface area contributed by atoms with E-state index in [4.69, 9.17) is 11.1 Å². The second-order valence-corrected chi connectivity index (χ2v) is 2.38. The minimum atomic E-state index is 0.253. The van der Waals surface area contributed by atoms with Gasteiger partial charge in [-0.2, -0.15) is 0 Å². The van der Waals surface area contributed by atoms with Crippen LogP contribution in [-0.2, 0) is 0 Å². The predicted octanol–water partition coefficient (Wildman–Crippen LogP) is 0.310. The maximum absolute atomic E-state index is 6.88. The molecule has 0 fully saturated rings. The molecule has 0 aromatic rings. The summed E-state index contributed by atoms with van der Waals surface area (Å²) >= 11 is 0. The van der Waals surface area contributed by atoms with E-state index < -0.39 is 0 Å². The topological polar surface area (TPSA) is 61.9 Å². The number of nitrogens with one attached hydrogen (secondary N) is 2. The van der Waals surface area contributed by atoms with Crippen molar-refractivity contribution >= 4 is 5.84 Å². The molecule has 0 rings (SSSR count). The molecule has 0 aromatic carbocycles. The molecule has 0 bridgehead atoms. The van der Waals surface area contributed by atoms with Gasteiger partial charge in [0, 0.05) is 19.0 Å². The van der Waals surface area contributed by atoms with Crippen LogP contribution in [0, 0.1) is 5.41 Å². The molecule has 0 unspecified atom stereocenters. The molecule has 4 N–H and O–H groups in total. The lowest BCUT2D eigenvalue weighted by Crippen LogP contribution is -2.27. The molecule has 0 aliphatic rings. The maximum Gasteiger partial charge on any atom is 0.0918 e. The van der Waals surface area contributed by atoms with Crippen LogP contribution < -0.4 is 11.1 Å². The SMILES string of the molecule is CC(C)NCCC(=N)N. The third-order valence-corrected chi connectivity index (χ3v) is 0.947. The van der Waals surface area contributed by atoms with Crippen molar-refractivity contribution in [2.45, 2.75) is 26.3 Å². The van der Waals surface area contributed by atoms with Crippen LogP contribution in [0.5, 0.6) is 0 Å². The van der Waals surface area contributed by atoms with E-state index in [1.54, 1.807) is 0 Å². The molecule has 9 heavy (non-hydrogen) atoms. The Morgan fingerprint density at radius 3 is 2.56 bits per heavy atom. The number of amidine groups is 1. The standard InChI is InChI=1S/C6H15N3/c1-5(2)9-4-3-6(7)8/h5,9H,3-4H2,1-2H3,(H3,7,8). The first-order chi connectivity index (χ1) is 4.13. The van der Waals surface area contributed by atoms with Gasteiger partial charge in [-0.25, -0.2) is 0 Å². The Morgan fingerprint density at radius 2 is 2.22 bits per heavy atom. The summed E-state index contributed by atoms with van der Waals surface area (Å²) in [6, 6.07) is 0.490. The summed E-state index contributed by atoms with van der Waals surface area (Å²) in [4.78, 5) is 0. The van der Waals surface area contributed by atoms with Crippen LogP contribution in [-0.4, -0.2) is 18.4 Å². The van der Waals surface area contributed by atoms with Gasteiger partial charge in [-0.15, -0.1) is 0 Å². The highest BCUT2D eigenvalue weighted by atomic mass is 14.9. The highest BCUT2D eigenvalue weighted by Crippen LogP contribution is 1.78. The van der Waals surface area contributed by atoms with Crippen LogP contribution in [0.3, 0.4) is 0 Å². The Labute approximate surface area is 56.1 Å². The molecular formula is C6H15N3. The summed E-state index contributed by atoms with van der Waals surface area (Å²) < 4.78 is 0. The smallest absolute Gasteiger partial charge is 0.0918 e. The van der Waals surface area contributed by atoms with Gasteiger partial charge >= 0.3 is 0 Å². The van der Waals surface area contributed by atoms with Crippen molar-refractivity contribution in [1.82, 2.24) is 5.32 Å². The quantitative estimate of drug-likeness (QED) is 0.378. The molecule has 0 heterocycles. The molecular weight excluding hydrogens is 114 g/mol. The van der Waals surface area contributed by atoms with Crippen LogP contribution in [0.1, 0.15) is 20.3 Å². The predicted molar refractivity (Wildman–Crippen MR) is 39.7 cm³/mol. The summed E-state index contributed by atoms with van der Waals surface area (Å²) in [6.45, 7) is 4.95. The monoisotopic (exact) mass is 129 g/mol. The molecule has 0 amide bonds. The summed E-state index contributed by atoms with van der Waals surface area (Å²) in [5.41, 5.74) is 5.12. The fourth-order valence-corrected chi connectivity index (χ4v) is 0.496. The highest BCUT2D eigenvalue weighted by molar-refractivity contribution is 5.76. The van der Waals surface area contributed by atoms with Crippen molar-refractivity contribution in [2.75, 3.05) is 6.54 Å². The first-order valence-corrected chi connectivity index (χ1v) is 3.19. The van der Waals surface area contributed by atoms with Gasteiger partial charge in [0.05, 0.1) is 5.84 Å². The first kappa shape index (κ1) is 8.43. The third-order valence-electron chi connectivity index (χ3n) is 0.947. The normalized spacial score (nSPS) is 10.1. The highest BCUT2D eigenvalue weighted by Gasteiger charge is 1.91. The summed E-state index contributed by atoms with van der Waals surface area (Å²) in [5, 5.41) is 10.0. The molecule has 54 valence electrons. The Bertz CT molecular complexity index is 88.3. The van der Waals surface area contributed by atoms with Crippen LogP contribution in [0.15, 0.2) is 0 Å². The van der Waals surface area contributed by atoms with Gasteiger partial charge in [0.15, 0.2) is 0 Å². The van der Waals surface area contributed by atoms with E-state index in [1.807, 2.05) is 0 Å². The minimum Gasteiger partial charge on any atom is -0.388 e. The lowest BCUT2D eigenvalue weighted by Gasteiger charge is -2.05. The van der Waals surface area contributed by atoms with Crippen molar-refractivity contribution in [3.8, 4) is 0 Å². The van der Waals surface area contributed by atoms with Crippen molar-refractivity contribution in [3.05, 3.63) is 0 Å². The van der Waals surface area contributed by atoms with E-state index in [0.717, 1.165) is 6.54 Å². The van der Waals surface area contributed by atoms with E-state index in [0.29, 0.717) is 12.5 Å². The Kier molecular flexibility index (Phi) is 4.05. The van der Waals surface area contributed by atoms with Gasteiger partial charge in [-0.05, 0) is 0 Å². The van der Waals surface area contributed by atoms with Gasteiger partial charge in [0.25, 0.3) is 0 Å². The fraction of sp³-hybridized carbons (Fsp3) is 0.833. The lowest BCUT2D eigenvalue weighted by molar-refractivity contribution is 0.599. The minimum absolute atomic E-state index is 0.253. The Balaban J connectivity index is 3.01. The zero-order valence-corrected chi connectivity index (χ0v) is 6.07. The van der Waals surface area contributed by atoms with Crippen molar-refractivity contribution in [1.29, 1.82) is 5.41 Å². The van der Waals surface area contributed by atoms with Gasteiger partial charge < -0.3 is 11.1 Å². The molecule has 0 aromatic heterocycles. The molecule has 0 saturated carbocycles. The second kappa shape index (κ2) is 4.32. The molecule has 0 radical (unpaired) electrons. The molecule has 0 atom stereocenters. The van der Waals surface area contributed by atoms with E-state index in [2.05, 4.69) is 19.2 Å². The van der Waals surface area contributed by atoms with Crippen molar-refractivity contribution in [2.24, 2.45) is 5.73 Å². The summed E-state index contributed by atoms with van der Waals surface area (Å²) in [6.07, 6.45) is 0.651. The number of hydrogen-bond donors (Lipinski definition) is 3. The van der Waals surface area contributed by atoms with Crippen LogP contribution >= 0.6 is 0 Å². The van der Waals surface area contributed by atoms with Crippen LogP contribution in [0.25, 0.3) is 0 Å². The molecule has 3 heteroatoms. The molecule has 0 saturated heterocycles. The van der Waals surface area contributed by atoms with Crippen LogP contribution in [0.4, 0.5) is 0 Å². The third kappa shape index (κ3) is 7.43. The molecule has 0 aliphatic carbocycles. The zero-order valence-electron chi connectivity index (χ0n) is 6.07. The van der Waals surface area contributed by atoms with E-state index in [9.17, 15) is 0 Å². The average molecular weight is 129 g/mol. The molecule has 0 aliphatic heterocycles. The van der Waals surface area contributed by atoms with Crippen molar-refractivity contribution in [3.63, 3.8) is 0 Å². The van der Waals surface area contributed by atoms with Crippen molar-refractivity contribution < 1.29 is 0 Å². The van der Waals surface area contributed by atoms with Gasteiger partial charge in [0.2, 0.25) is 0 Å². The number of rotatable bonds is 4. The summed E-state index contributed by atoms with van der Waals surface area (Å²) in [5.74, 6) is 0.253. The Hall–Kier alpha value is -0.570. The zero-order chi connectivity index (χ0) is 7.28. The van der Waals surface area contributed by atoms with Gasteiger partial charge in [0.1, 0.15) is 0 Å². The average Bonchev–Trinajstić information content (AvgIpc) is 1.63. The number of hydrogen-bond acceptors (Lipinski definition) is 2. The summed E-state index contributed by atoms with van der Waals surface area (Å²) in [7, 11) is 0. The second-order valence-electron chi connectivity index (χ2n) is 2.38. The van der Waals surface area contributed by atoms with Gasteiger partial charge in [-0.1, -0.05) is 13.8 Å². The largest absolute Gasteiger partial charge is 0.388 e. The lowest BCUT2D eigenvalue weighted by atomic mass is 10.3. The van der Waals surface area contributed by atoms with E-state index in [-0.39, 0.29) is 5.84 Å². The first-order valence-electron chi connectivity index (χ1n) is 3.19. The van der Waals surface area contributed by atoms with E-state index >= 15 is 0 Å². The number of nitrogens with two attached hydrogens (primary N) is 1.